The van der Waals surface area contributed by atoms with Crippen LogP contribution in [0.3, 0.4) is 0 Å². The van der Waals surface area contributed by atoms with Crippen molar-refractivity contribution in [3.05, 3.63) is 82.2 Å². The molecule has 0 unspecified atom stereocenters. The lowest BCUT2D eigenvalue weighted by Gasteiger charge is -2.42. The number of carbonyl (C=O) groups is 1. The third kappa shape index (κ3) is 5.35. The molecule has 0 spiro atoms. The van der Waals surface area contributed by atoms with Crippen molar-refractivity contribution in [2.45, 2.75) is 37.3 Å². The van der Waals surface area contributed by atoms with Gasteiger partial charge in [0.05, 0.1) is 18.3 Å². The van der Waals surface area contributed by atoms with Crippen LogP contribution in [0.5, 0.6) is 0 Å². The first-order chi connectivity index (χ1) is 14.6. The average Bonchev–Trinajstić information content (AvgIpc) is 2.79. The predicted octanol–water partition coefficient (Wildman–Crippen LogP) is 2.84. The van der Waals surface area contributed by atoms with Gasteiger partial charge in [-0.2, -0.15) is 0 Å². The van der Waals surface area contributed by atoms with Gasteiger partial charge in [-0.25, -0.2) is 4.79 Å². The predicted molar refractivity (Wildman–Crippen MR) is 106 cm³/mol. The zero-order valence-electron chi connectivity index (χ0n) is 16.4. The van der Waals surface area contributed by atoms with Crippen molar-refractivity contribution >= 4 is 5.97 Å². The van der Waals surface area contributed by atoms with Gasteiger partial charge < -0.3 is 24.1 Å². The third-order valence-corrected chi connectivity index (χ3v) is 4.73. The quantitative estimate of drug-likeness (QED) is 0.307. The van der Waals surface area contributed by atoms with Gasteiger partial charge in [-0.1, -0.05) is 53.6 Å². The molecule has 0 bridgehead atoms. The minimum atomic E-state index is -1.21. The fraction of sp³-hybridized carbons (Fsp3) is 0.381. The molecule has 30 heavy (non-hydrogen) atoms. The van der Waals surface area contributed by atoms with E-state index in [0.717, 1.165) is 5.56 Å². The fourth-order valence-corrected chi connectivity index (χ4v) is 3.19. The van der Waals surface area contributed by atoms with E-state index in [1.807, 2.05) is 30.3 Å². The zero-order chi connectivity index (χ0) is 21.3. The topological polar surface area (TPSA) is 123 Å². The molecule has 0 saturated carbocycles. The number of aliphatic hydroxyl groups is 1. The number of hydrogen-bond acceptors (Lipinski definition) is 7. The fourth-order valence-electron chi connectivity index (χ4n) is 3.19. The highest BCUT2D eigenvalue weighted by atomic mass is 16.7. The first kappa shape index (κ1) is 21.8. The molecular weight excluding hydrogens is 390 g/mol. The van der Waals surface area contributed by atoms with Gasteiger partial charge >= 0.3 is 5.97 Å². The number of rotatable bonds is 8. The van der Waals surface area contributed by atoms with Crippen LogP contribution in [0.15, 0.2) is 65.8 Å². The smallest absolute Gasteiger partial charge is 0.338 e. The Labute approximate surface area is 173 Å². The van der Waals surface area contributed by atoms with E-state index in [9.17, 15) is 9.90 Å². The van der Waals surface area contributed by atoms with Crippen molar-refractivity contribution in [3.63, 3.8) is 0 Å². The highest BCUT2D eigenvalue weighted by Crippen LogP contribution is 2.28. The molecule has 9 nitrogen and oxygen atoms in total. The molecule has 1 N–H and O–H groups in total. The molecule has 0 amide bonds. The normalized spacial score (nSPS) is 25.9. The van der Waals surface area contributed by atoms with E-state index in [2.05, 4.69) is 10.0 Å². The Morgan fingerprint density at radius 2 is 1.83 bits per heavy atom. The second-order valence-electron chi connectivity index (χ2n) is 6.69. The van der Waals surface area contributed by atoms with Crippen LogP contribution in [0.25, 0.3) is 10.4 Å². The third-order valence-electron chi connectivity index (χ3n) is 4.73. The maximum atomic E-state index is 12.2. The van der Waals surface area contributed by atoms with Crippen LogP contribution in [-0.2, 0) is 25.6 Å². The standard InChI is InChI=1S/C21H23N3O6/c1-27-21-17(23-24-22)19(28-12-14-8-4-2-5-9-14)18(25)16(30-21)13-29-20(26)15-10-6-3-7-11-15/h2-11,16-19,21,25H,12-13H2,1H3/t16-,17-,18-,19-,21+/m1/s1. The van der Waals surface area contributed by atoms with E-state index in [1.54, 1.807) is 30.3 Å². The van der Waals surface area contributed by atoms with Gasteiger partial charge in [-0.15, -0.1) is 0 Å². The number of ether oxygens (including phenoxy) is 4. The molecule has 1 fully saturated rings. The van der Waals surface area contributed by atoms with Crippen molar-refractivity contribution in [2.24, 2.45) is 5.11 Å². The summed E-state index contributed by atoms with van der Waals surface area (Å²) < 4.78 is 22.2. The summed E-state index contributed by atoms with van der Waals surface area (Å²) in [6, 6.07) is 16.9. The Kier molecular flexibility index (Phi) is 7.78. The van der Waals surface area contributed by atoms with Crippen LogP contribution in [0.2, 0.25) is 0 Å². The SMILES string of the molecule is CO[C@H]1O[C@H](COC(=O)c2ccccc2)[C@@H](O)[C@H](OCc2ccccc2)[C@H]1N=[N+]=[N-]. The first-order valence-corrected chi connectivity index (χ1v) is 9.42. The molecule has 2 aromatic carbocycles. The summed E-state index contributed by atoms with van der Waals surface area (Å²) in [4.78, 5) is 15.0. The molecule has 5 atom stereocenters. The van der Waals surface area contributed by atoms with E-state index in [1.165, 1.54) is 7.11 Å². The highest BCUT2D eigenvalue weighted by molar-refractivity contribution is 5.89. The second-order valence-corrected chi connectivity index (χ2v) is 6.69. The Bertz CT molecular complexity index is 860. The van der Waals surface area contributed by atoms with E-state index in [0.29, 0.717) is 5.56 Å². The second kappa shape index (κ2) is 10.7. The highest BCUT2D eigenvalue weighted by Gasteiger charge is 2.46. The summed E-state index contributed by atoms with van der Waals surface area (Å²) in [7, 11) is 1.39. The number of benzene rings is 2. The summed E-state index contributed by atoms with van der Waals surface area (Å²) >= 11 is 0. The molecule has 0 aromatic heterocycles. The number of hydrogen-bond donors (Lipinski definition) is 1. The molecular formula is C21H23N3O6. The maximum Gasteiger partial charge on any atom is 0.338 e. The molecule has 9 heteroatoms. The first-order valence-electron chi connectivity index (χ1n) is 9.42. The Morgan fingerprint density at radius 3 is 2.47 bits per heavy atom. The molecule has 2 aromatic rings. The number of carbonyl (C=O) groups excluding carboxylic acids is 1. The van der Waals surface area contributed by atoms with Crippen molar-refractivity contribution < 1.29 is 28.8 Å². The van der Waals surface area contributed by atoms with Crippen LogP contribution in [0.1, 0.15) is 15.9 Å². The Morgan fingerprint density at radius 1 is 1.17 bits per heavy atom. The van der Waals surface area contributed by atoms with Crippen LogP contribution in [0, 0.1) is 0 Å². The summed E-state index contributed by atoms with van der Waals surface area (Å²) in [6.07, 6.45) is -4.02. The molecule has 0 radical (unpaired) electrons. The van der Waals surface area contributed by atoms with E-state index in [4.69, 9.17) is 24.5 Å². The van der Waals surface area contributed by atoms with Crippen LogP contribution < -0.4 is 0 Å². The Hall–Kier alpha value is -2.94. The lowest BCUT2D eigenvalue weighted by atomic mass is 9.97. The lowest BCUT2D eigenvalue weighted by molar-refractivity contribution is -0.266. The van der Waals surface area contributed by atoms with Gasteiger partial charge in [0.25, 0.3) is 0 Å². The summed E-state index contributed by atoms with van der Waals surface area (Å²) in [5, 5.41) is 14.5. The molecule has 1 heterocycles. The van der Waals surface area contributed by atoms with Crippen molar-refractivity contribution in [1.29, 1.82) is 0 Å². The van der Waals surface area contributed by atoms with Gasteiger partial charge in [0.2, 0.25) is 0 Å². The largest absolute Gasteiger partial charge is 0.459 e. The van der Waals surface area contributed by atoms with E-state index in [-0.39, 0.29) is 13.2 Å². The van der Waals surface area contributed by atoms with E-state index >= 15 is 0 Å². The number of esters is 1. The van der Waals surface area contributed by atoms with Gasteiger partial charge in [-0.3, -0.25) is 0 Å². The molecule has 1 saturated heterocycles. The van der Waals surface area contributed by atoms with Crippen molar-refractivity contribution in [1.82, 2.24) is 0 Å². The van der Waals surface area contributed by atoms with Crippen LogP contribution in [0.4, 0.5) is 0 Å². The molecule has 158 valence electrons. The number of methoxy groups -OCH3 is 1. The van der Waals surface area contributed by atoms with Crippen molar-refractivity contribution in [3.8, 4) is 0 Å². The monoisotopic (exact) mass is 413 g/mol. The van der Waals surface area contributed by atoms with Gasteiger partial charge in [-0.05, 0) is 23.2 Å². The van der Waals surface area contributed by atoms with Crippen LogP contribution >= 0.6 is 0 Å². The van der Waals surface area contributed by atoms with Gasteiger partial charge in [0.1, 0.15) is 24.9 Å². The molecule has 1 aliphatic heterocycles. The summed E-state index contributed by atoms with van der Waals surface area (Å²) in [6.45, 7) is -0.0318. The number of aliphatic hydroxyl groups excluding tert-OH is 1. The minimum absolute atomic E-state index is 0.187. The summed E-state index contributed by atoms with van der Waals surface area (Å²) in [5.41, 5.74) is 10.2. The zero-order valence-corrected chi connectivity index (χ0v) is 16.4. The molecule has 1 aliphatic rings. The Balaban J connectivity index is 1.71. The molecule has 0 aliphatic carbocycles. The average molecular weight is 413 g/mol. The number of azide groups is 1. The van der Waals surface area contributed by atoms with Crippen LogP contribution in [-0.4, -0.2) is 55.4 Å². The van der Waals surface area contributed by atoms with E-state index < -0.39 is 36.6 Å². The molecule has 3 rings (SSSR count). The summed E-state index contributed by atoms with van der Waals surface area (Å²) in [5.74, 6) is -0.542. The van der Waals surface area contributed by atoms with Gasteiger partial charge in [0.15, 0.2) is 6.29 Å². The minimum Gasteiger partial charge on any atom is -0.459 e. The van der Waals surface area contributed by atoms with Crippen molar-refractivity contribution in [2.75, 3.05) is 13.7 Å². The maximum absolute atomic E-state index is 12.2. The van der Waals surface area contributed by atoms with Gasteiger partial charge in [0, 0.05) is 12.0 Å². The lowest BCUT2D eigenvalue weighted by Crippen LogP contribution is -2.59. The number of nitrogens with zero attached hydrogens (tertiary/aromatic N) is 3.